The van der Waals surface area contributed by atoms with Gasteiger partial charge in [-0.15, -0.1) is 0 Å². The maximum atomic E-state index is 11.9. The van der Waals surface area contributed by atoms with Gasteiger partial charge in [-0.05, 0) is 6.07 Å². The summed E-state index contributed by atoms with van der Waals surface area (Å²) in [4.78, 5) is 0. The molecule has 96 valence electrons. The van der Waals surface area contributed by atoms with E-state index >= 15 is 0 Å². The van der Waals surface area contributed by atoms with Crippen LogP contribution in [0.3, 0.4) is 0 Å². The van der Waals surface area contributed by atoms with Crippen LogP contribution in [0.15, 0.2) is 12.1 Å². The zero-order chi connectivity index (χ0) is 13.0. The van der Waals surface area contributed by atoms with Gasteiger partial charge in [0.15, 0.2) is 11.5 Å². The molecule has 0 amide bonds. The molecule has 0 fully saturated rings. The molecule has 0 radical (unpaired) electrons. The van der Waals surface area contributed by atoms with E-state index < -0.39 is 29.8 Å². The Labute approximate surface area is 95.9 Å². The number of nitrogens with one attached hydrogen (secondary N) is 1. The second kappa shape index (κ2) is 5.65. The molecule has 1 atom stereocenters. The molecular formula is C10H13F2NO4. The van der Waals surface area contributed by atoms with Gasteiger partial charge in [0.25, 0.3) is 6.43 Å². The molecule has 1 aromatic rings. The predicted molar refractivity (Wildman–Crippen MR) is 55.2 cm³/mol. The van der Waals surface area contributed by atoms with Crippen LogP contribution < -0.4 is 5.32 Å². The summed E-state index contributed by atoms with van der Waals surface area (Å²) in [5.41, 5.74) is 0.224. The molecular weight excluding hydrogens is 236 g/mol. The van der Waals surface area contributed by atoms with E-state index in [0.29, 0.717) is 0 Å². The lowest BCUT2D eigenvalue weighted by Crippen LogP contribution is -2.31. The summed E-state index contributed by atoms with van der Waals surface area (Å²) in [5, 5.41) is 38.9. The molecule has 0 heterocycles. The molecule has 0 aliphatic rings. The molecule has 0 aliphatic carbocycles. The largest absolute Gasteiger partial charge is 0.504 e. The van der Waals surface area contributed by atoms with Gasteiger partial charge >= 0.3 is 0 Å². The zero-order valence-electron chi connectivity index (χ0n) is 8.77. The molecule has 17 heavy (non-hydrogen) atoms. The second-order valence-corrected chi connectivity index (χ2v) is 3.47. The number of hydrogen-bond acceptors (Lipinski definition) is 5. The molecule has 0 aromatic heterocycles. The van der Waals surface area contributed by atoms with Crippen LogP contribution in [-0.4, -0.2) is 39.5 Å². The highest BCUT2D eigenvalue weighted by Gasteiger charge is 2.16. The Morgan fingerprint density at radius 2 is 1.76 bits per heavy atom. The van der Waals surface area contributed by atoms with Crippen LogP contribution >= 0.6 is 0 Å². The molecule has 7 heteroatoms. The predicted octanol–water partition coefficient (Wildman–Crippen LogP) is 0.519. The molecule has 0 bridgehead atoms. The number of phenolic OH excluding ortho intramolecular Hbond substituents is 3. The first kappa shape index (κ1) is 13.5. The van der Waals surface area contributed by atoms with Crippen molar-refractivity contribution in [3.05, 3.63) is 17.7 Å². The number of benzene rings is 1. The Balaban J connectivity index is 2.56. The first-order valence-corrected chi connectivity index (χ1v) is 4.83. The van der Waals surface area contributed by atoms with Crippen LogP contribution in [-0.2, 0) is 6.54 Å². The number of phenols is 3. The van der Waals surface area contributed by atoms with E-state index in [2.05, 4.69) is 5.32 Å². The van der Waals surface area contributed by atoms with Crippen molar-refractivity contribution in [2.75, 3.05) is 6.54 Å². The van der Waals surface area contributed by atoms with Gasteiger partial charge < -0.3 is 25.7 Å². The van der Waals surface area contributed by atoms with Gasteiger partial charge in [-0.2, -0.15) is 0 Å². The molecule has 5 N–H and O–H groups in total. The van der Waals surface area contributed by atoms with Crippen molar-refractivity contribution in [2.45, 2.75) is 19.1 Å². The van der Waals surface area contributed by atoms with E-state index in [1.54, 1.807) is 0 Å². The van der Waals surface area contributed by atoms with Crippen molar-refractivity contribution in [1.82, 2.24) is 5.32 Å². The minimum Gasteiger partial charge on any atom is -0.504 e. The Hall–Kier alpha value is -1.60. The lowest BCUT2D eigenvalue weighted by molar-refractivity contribution is -0.00342. The number of alkyl halides is 2. The van der Waals surface area contributed by atoms with Crippen LogP contribution in [0.25, 0.3) is 0 Å². The van der Waals surface area contributed by atoms with Gasteiger partial charge in [-0.25, -0.2) is 8.78 Å². The number of halogens is 2. The molecule has 1 aromatic carbocycles. The van der Waals surface area contributed by atoms with E-state index in [-0.39, 0.29) is 18.7 Å². The van der Waals surface area contributed by atoms with Gasteiger partial charge in [0, 0.05) is 18.7 Å². The normalized spacial score (nSPS) is 12.9. The maximum Gasteiger partial charge on any atom is 0.265 e. The fourth-order valence-corrected chi connectivity index (χ4v) is 1.20. The van der Waals surface area contributed by atoms with Gasteiger partial charge in [0.1, 0.15) is 6.10 Å². The summed E-state index contributed by atoms with van der Waals surface area (Å²) in [7, 11) is 0. The highest BCUT2D eigenvalue weighted by atomic mass is 19.3. The summed E-state index contributed by atoms with van der Waals surface area (Å²) in [5.74, 6) is -1.67. The van der Waals surface area contributed by atoms with E-state index in [1.165, 1.54) is 6.07 Å². The molecule has 1 unspecified atom stereocenters. The highest BCUT2D eigenvalue weighted by Crippen LogP contribution is 2.36. The monoisotopic (exact) mass is 249 g/mol. The van der Waals surface area contributed by atoms with Gasteiger partial charge in [0.2, 0.25) is 5.75 Å². The first-order valence-electron chi connectivity index (χ1n) is 4.83. The van der Waals surface area contributed by atoms with Crippen molar-refractivity contribution in [3.8, 4) is 17.2 Å². The SMILES string of the molecule is Oc1ccc(CNCC(O)C(F)F)c(O)c1O. The summed E-state index contributed by atoms with van der Waals surface area (Å²) in [6, 6.07) is 2.49. The molecule has 1 rings (SSSR count). The fraction of sp³-hybridized carbons (Fsp3) is 0.400. The van der Waals surface area contributed by atoms with Crippen LogP contribution in [0.1, 0.15) is 5.56 Å². The van der Waals surface area contributed by atoms with Gasteiger partial charge in [0.05, 0.1) is 0 Å². The maximum absolute atomic E-state index is 11.9. The number of hydrogen-bond donors (Lipinski definition) is 5. The lowest BCUT2D eigenvalue weighted by Gasteiger charge is -2.12. The number of aliphatic hydroxyl groups is 1. The summed E-state index contributed by atoms with van der Waals surface area (Å²) in [6.45, 7) is -0.373. The third-order valence-electron chi connectivity index (χ3n) is 2.17. The van der Waals surface area contributed by atoms with Crippen molar-refractivity contribution >= 4 is 0 Å². The average molecular weight is 249 g/mol. The first-order chi connectivity index (χ1) is 7.93. The van der Waals surface area contributed by atoms with Crippen LogP contribution in [0, 0.1) is 0 Å². The van der Waals surface area contributed by atoms with Gasteiger partial charge in [-0.1, -0.05) is 6.07 Å². The summed E-state index contributed by atoms with van der Waals surface area (Å²) in [6.07, 6.45) is -4.63. The second-order valence-electron chi connectivity index (χ2n) is 3.47. The third-order valence-corrected chi connectivity index (χ3v) is 2.17. The smallest absolute Gasteiger partial charge is 0.265 e. The van der Waals surface area contributed by atoms with Crippen LogP contribution in [0.4, 0.5) is 8.78 Å². The lowest BCUT2D eigenvalue weighted by atomic mass is 10.1. The van der Waals surface area contributed by atoms with Gasteiger partial charge in [-0.3, -0.25) is 0 Å². The van der Waals surface area contributed by atoms with Crippen LogP contribution in [0.2, 0.25) is 0 Å². The minimum absolute atomic E-state index is 0.0244. The fourth-order valence-electron chi connectivity index (χ4n) is 1.20. The average Bonchev–Trinajstić information content (AvgIpc) is 2.28. The van der Waals surface area contributed by atoms with Crippen molar-refractivity contribution in [1.29, 1.82) is 0 Å². The topological polar surface area (TPSA) is 93.0 Å². The summed E-state index contributed by atoms with van der Waals surface area (Å²) < 4.78 is 23.9. The van der Waals surface area contributed by atoms with Crippen molar-refractivity contribution in [3.63, 3.8) is 0 Å². The number of aliphatic hydroxyl groups excluding tert-OH is 1. The highest BCUT2D eigenvalue weighted by molar-refractivity contribution is 5.52. The van der Waals surface area contributed by atoms with Crippen LogP contribution in [0.5, 0.6) is 17.2 Å². The number of aromatic hydroxyl groups is 3. The Morgan fingerprint density at radius 1 is 1.12 bits per heavy atom. The van der Waals surface area contributed by atoms with E-state index in [1.807, 2.05) is 0 Å². The Bertz CT molecular complexity index is 387. The van der Waals surface area contributed by atoms with Crippen molar-refractivity contribution < 1.29 is 29.2 Å². The van der Waals surface area contributed by atoms with Crippen molar-refractivity contribution in [2.24, 2.45) is 0 Å². The van der Waals surface area contributed by atoms with E-state index in [9.17, 15) is 19.0 Å². The molecule has 0 aliphatic heterocycles. The third kappa shape index (κ3) is 3.43. The molecule has 0 saturated carbocycles. The molecule has 0 spiro atoms. The molecule has 5 nitrogen and oxygen atoms in total. The standard InChI is InChI=1S/C10H13F2NO4/c11-10(12)7(15)4-13-3-5-1-2-6(14)9(17)8(5)16/h1-2,7,10,13-17H,3-4H2. The summed E-state index contributed by atoms with van der Waals surface area (Å²) >= 11 is 0. The number of rotatable bonds is 5. The Kier molecular flexibility index (Phi) is 4.47. The zero-order valence-corrected chi connectivity index (χ0v) is 8.77. The minimum atomic E-state index is -2.84. The van der Waals surface area contributed by atoms with E-state index in [0.717, 1.165) is 6.07 Å². The quantitative estimate of drug-likeness (QED) is 0.490. The Morgan fingerprint density at radius 3 is 2.35 bits per heavy atom. The van der Waals surface area contributed by atoms with E-state index in [4.69, 9.17) is 10.2 Å². The molecule has 0 saturated heterocycles.